The summed E-state index contributed by atoms with van der Waals surface area (Å²) in [6, 6.07) is 7.78. The molecule has 0 heterocycles. The molecule has 0 bridgehead atoms. The van der Waals surface area contributed by atoms with Crippen molar-refractivity contribution in [1.29, 1.82) is 0 Å². The Morgan fingerprint density at radius 2 is 1.96 bits per heavy atom. The van der Waals surface area contributed by atoms with E-state index in [0.717, 1.165) is 12.1 Å². The highest BCUT2D eigenvalue weighted by Crippen LogP contribution is 2.28. The number of amides is 1. The molecule has 1 unspecified atom stereocenters. The van der Waals surface area contributed by atoms with Gasteiger partial charge >= 0.3 is 11.7 Å². The van der Waals surface area contributed by atoms with Crippen LogP contribution in [0.4, 0.5) is 15.8 Å². The fourth-order valence-corrected chi connectivity index (χ4v) is 2.26. The van der Waals surface area contributed by atoms with E-state index in [1.165, 1.54) is 31.2 Å². The molecule has 1 amide bonds. The Bertz CT molecular complexity index is 915. The van der Waals surface area contributed by atoms with Gasteiger partial charge in [0.2, 0.25) is 0 Å². The van der Waals surface area contributed by atoms with Crippen LogP contribution in [0.15, 0.2) is 36.4 Å². The molecule has 0 aliphatic rings. The molecule has 0 spiro atoms. The number of nitrogens with one attached hydrogen (secondary N) is 1. The third-order valence-corrected chi connectivity index (χ3v) is 3.78. The van der Waals surface area contributed by atoms with Gasteiger partial charge in [-0.1, -0.05) is 6.07 Å². The molecule has 0 aliphatic carbocycles. The quantitative estimate of drug-likeness (QED) is 0.439. The topological polar surface area (TPSA) is 108 Å². The number of hydrogen-bond acceptors (Lipinski definition) is 6. The zero-order chi connectivity index (χ0) is 20.8. The van der Waals surface area contributed by atoms with Gasteiger partial charge in [-0.2, -0.15) is 0 Å². The van der Waals surface area contributed by atoms with E-state index in [2.05, 4.69) is 5.32 Å². The van der Waals surface area contributed by atoms with Crippen LogP contribution in [0.25, 0.3) is 0 Å². The summed E-state index contributed by atoms with van der Waals surface area (Å²) < 4.78 is 23.7. The molecular weight excluding hydrogens is 371 g/mol. The van der Waals surface area contributed by atoms with E-state index >= 15 is 0 Å². The lowest BCUT2D eigenvalue weighted by molar-refractivity contribution is -0.385. The number of esters is 1. The minimum atomic E-state index is -1.21. The van der Waals surface area contributed by atoms with Crippen LogP contribution in [0, 0.1) is 22.9 Å². The summed E-state index contributed by atoms with van der Waals surface area (Å²) in [4.78, 5) is 34.8. The fraction of sp³-hybridized carbons (Fsp3) is 0.263. The SMILES string of the molecule is CCOc1ccc(C(=O)OC(C)C(=O)Nc2ccc(C)c(F)c2)cc1[N+](=O)[O-]. The molecule has 0 saturated heterocycles. The lowest BCUT2D eigenvalue weighted by Gasteiger charge is -2.14. The Labute approximate surface area is 160 Å². The van der Waals surface area contributed by atoms with Crippen LogP contribution in [0.2, 0.25) is 0 Å². The summed E-state index contributed by atoms with van der Waals surface area (Å²) in [5, 5.41) is 13.6. The summed E-state index contributed by atoms with van der Waals surface area (Å²) in [5.41, 5.74) is 0.155. The van der Waals surface area contributed by atoms with E-state index < -0.39 is 28.7 Å². The van der Waals surface area contributed by atoms with Crippen molar-refractivity contribution in [2.45, 2.75) is 26.9 Å². The predicted octanol–water partition coefficient (Wildman–Crippen LogP) is 3.63. The molecular formula is C19H19FN2O6. The standard InChI is InChI=1S/C19H19FN2O6/c1-4-27-17-8-6-13(9-16(17)22(25)26)19(24)28-12(3)18(23)21-14-7-5-11(2)15(20)10-14/h5-10,12H,4H2,1-3H3,(H,21,23). The van der Waals surface area contributed by atoms with Gasteiger partial charge in [-0.15, -0.1) is 0 Å². The number of carbonyl (C=O) groups is 2. The lowest BCUT2D eigenvalue weighted by atomic mass is 10.2. The van der Waals surface area contributed by atoms with Crippen molar-refractivity contribution in [2.75, 3.05) is 11.9 Å². The average Bonchev–Trinajstić information content (AvgIpc) is 2.64. The van der Waals surface area contributed by atoms with Crippen molar-refractivity contribution in [2.24, 2.45) is 0 Å². The molecule has 0 fully saturated rings. The molecule has 2 aromatic rings. The number of anilines is 1. The van der Waals surface area contributed by atoms with Gasteiger partial charge in [-0.05, 0) is 50.6 Å². The van der Waals surface area contributed by atoms with E-state index in [-0.39, 0.29) is 29.3 Å². The molecule has 2 rings (SSSR count). The predicted molar refractivity (Wildman–Crippen MR) is 98.9 cm³/mol. The molecule has 148 valence electrons. The maximum absolute atomic E-state index is 13.6. The number of ether oxygens (including phenoxy) is 2. The average molecular weight is 390 g/mol. The first-order valence-corrected chi connectivity index (χ1v) is 8.42. The maximum atomic E-state index is 13.6. The van der Waals surface area contributed by atoms with Crippen molar-refractivity contribution < 1.29 is 28.4 Å². The normalized spacial score (nSPS) is 11.4. The zero-order valence-corrected chi connectivity index (χ0v) is 15.5. The Balaban J connectivity index is 2.08. The number of aryl methyl sites for hydroxylation is 1. The molecule has 1 N–H and O–H groups in total. The van der Waals surface area contributed by atoms with E-state index in [0.29, 0.717) is 5.56 Å². The molecule has 0 saturated carbocycles. The molecule has 0 radical (unpaired) electrons. The van der Waals surface area contributed by atoms with E-state index in [9.17, 15) is 24.1 Å². The van der Waals surface area contributed by atoms with E-state index in [1.54, 1.807) is 13.8 Å². The van der Waals surface area contributed by atoms with Crippen LogP contribution < -0.4 is 10.1 Å². The summed E-state index contributed by atoms with van der Waals surface area (Å²) in [5.74, 6) is -2.04. The first-order valence-electron chi connectivity index (χ1n) is 8.42. The first-order chi connectivity index (χ1) is 13.2. The van der Waals surface area contributed by atoms with Gasteiger partial charge in [0.05, 0.1) is 17.1 Å². The Morgan fingerprint density at radius 3 is 2.57 bits per heavy atom. The Kier molecular flexibility index (Phi) is 6.64. The second-order valence-corrected chi connectivity index (χ2v) is 5.87. The van der Waals surface area contributed by atoms with Crippen molar-refractivity contribution >= 4 is 23.3 Å². The minimum Gasteiger partial charge on any atom is -0.487 e. The van der Waals surface area contributed by atoms with Gasteiger partial charge in [0, 0.05) is 11.8 Å². The van der Waals surface area contributed by atoms with Crippen molar-refractivity contribution in [3.05, 3.63) is 63.5 Å². The number of carbonyl (C=O) groups excluding carboxylic acids is 2. The summed E-state index contributed by atoms with van der Waals surface area (Å²) in [6.07, 6.45) is -1.21. The third kappa shape index (κ3) is 5.03. The number of hydrogen-bond donors (Lipinski definition) is 1. The molecule has 9 heteroatoms. The summed E-state index contributed by atoms with van der Waals surface area (Å²) in [6.45, 7) is 4.82. The van der Waals surface area contributed by atoms with Crippen LogP contribution in [-0.2, 0) is 9.53 Å². The van der Waals surface area contributed by atoms with Crippen molar-refractivity contribution in [3.8, 4) is 5.75 Å². The highest BCUT2D eigenvalue weighted by molar-refractivity contribution is 5.97. The van der Waals surface area contributed by atoms with Gasteiger partial charge in [-0.25, -0.2) is 9.18 Å². The Morgan fingerprint density at radius 1 is 1.25 bits per heavy atom. The first kappa shape index (κ1) is 20.8. The van der Waals surface area contributed by atoms with Gasteiger partial charge < -0.3 is 14.8 Å². The lowest BCUT2D eigenvalue weighted by Crippen LogP contribution is -2.30. The fourth-order valence-electron chi connectivity index (χ4n) is 2.26. The second kappa shape index (κ2) is 8.94. The number of rotatable bonds is 7. The molecule has 28 heavy (non-hydrogen) atoms. The Hall–Kier alpha value is -3.49. The van der Waals surface area contributed by atoms with Crippen LogP contribution in [0.1, 0.15) is 29.8 Å². The molecule has 1 atom stereocenters. The van der Waals surface area contributed by atoms with Gasteiger partial charge in [0.15, 0.2) is 11.9 Å². The third-order valence-electron chi connectivity index (χ3n) is 3.78. The number of benzene rings is 2. The number of halogens is 1. The highest BCUT2D eigenvalue weighted by Gasteiger charge is 2.23. The number of nitrogens with zero attached hydrogens (tertiary/aromatic N) is 1. The van der Waals surface area contributed by atoms with Gasteiger partial charge in [0.25, 0.3) is 5.91 Å². The molecule has 0 aliphatic heterocycles. The van der Waals surface area contributed by atoms with Crippen LogP contribution in [0.5, 0.6) is 5.75 Å². The summed E-state index contributed by atoms with van der Waals surface area (Å²) in [7, 11) is 0. The smallest absolute Gasteiger partial charge is 0.339 e. The molecule has 2 aromatic carbocycles. The highest BCUT2D eigenvalue weighted by atomic mass is 19.1. The number of nitro groups is 1. The van der Waals surface area contributed by atoms with Crippen LogP contribution >= 0.6 is 0 Å². The van der Waals surface area contributed by atoms with Crippen molar-refractivity contribution in [3.63, 3.8) is 0 Å². The van der Waals surface area contributed by atoms with Crippen molar-refractivity contribution in [1.82, 2.24) is 0 Å². The number of nitro benzene ring substituents is 1. The van der Waals surface area contributed by atoms with E-state index in [4.69, 9.17) is 9.47 Å². The largest absolute Gasteiger partial charge is 0.487 e. The van der Waals surface area contributed by atoms with Crippen LogP contribution in [0.3, 0.4) is 0 Å². The van der Waals surface area contributed by atoms with E-state index in [1.807, 2.05) is 0 Å². The van der Waals surface area contributed by atoms with Gasteiger partial charge in [-0.3, -0.25) is 14.9 Å². The zero-order valence-electron chi connectivity index (χ0n) is 15.5. The molecule has 8 nitrogen and oxygen atoms in total. The van der Waals surface area contributed by atoms with Crippen LogP contribution in [-0.4, -0.2) is 29.5 Å². The van der Waals surface area contributed by atoms with Gasteiger partial charge in [0.1, 0.15) is 5.82 Å². The monoisotopic (exact) mass is 390 g/mol. The second-order valence-electron chi connectivity index (χ2n) is 5.87. The molecule has 0 aromatic heterocycles. The minimum absolute atomic E-state index is 0.0243. The summed E-state index contributed by atoms with van der Waals surface area (Å²) >= 11 is 0. The maximum Gasteiger partial charge on any atom is 0.339 e.